The molecule has 0 fully saturated rings. The summed E-state index contributed by atoms with van der Waals surface area (Å²) in [7, 11) is -4.14. The third kappa shape index (κ3) is 3.18. The summed E-state index contributed by atoms with van der Waals surface area (Å²) in [6.07, 6.45) is 0. The number of rotatable bonds is 2. The molecule has 0 aromatic heterocycles. The maximum atomic E-state index is 10.4. The summed E-state index contributed by atoms with van der Waals surface area (Å²) in [5, 5.41) is 0. The van der Waals surface area contributed by atoms with Gasteiger partial charge < -0.3 is 9.42 Å². The first-order valence-electron chi connectivity index (χ1n) is 2.90. The highest BCUT2D eigenvalue weighted by molar-refractivity contribution is 7.46. The third-order valence-electron chi connectivity index (χ3n) is 0.972. The molecule has 1 rings (SSSR count). The molecule has 60 valence electrons. The summed E-state index contributed by atoms with van der Waals surface area (Å²) in [4.78, 5) is 15.0. The van der Waals surface area contributed by atoms with E-state index in [4.69, 9.17) is 9.79 Å². The van der Waals surface area contributed by atoms with Gasteiger partial charge in [0.05, 0.1) is 0 Å². The van der Waals surface area contributed by atoms with Crippen molar-refractivity contribution in [1.82, 2.24) is 0 Å². The van der Waals surface area contributed by atoms with Gasteiger partial charge in [0.25, 0.3) is 0 Å². The largest absolute Gasteiger partial charge is 0.690 e. The zero-order valence-electron chi connectivity index (χ0n) is 5.60. The molecule has 0 heterocycles. The van der Waals surface area contributed by atoms with E-state index in [-0.39, 0.29) is 5.75 Å². The van der Waals surface area contributed by atoms with Gasteiger partial charge in [-0.3, -0.25) is 4.89 Å². The molecule has 0 saturated carbocycles. The van der Waals surface area contributed by atoms with Crippen LogP contribution in [0.1, 0.15) is 0 Å². The van der Waals surface area contributed by atoms with Crippen molar-refractivity contribution in [3.8, 4) is 5.75 Å². The molecule has 1 aromatic carbocycles. The van der Waals surface area contributed by atoms with Gasteiger partial charge >= 0.3 is 7.82 Å². The standard InChI is InChI=1S/C6H7O4P/c7-11(8,9)10-6-4-2-1-3-5-6/h1-5H,(H2,7,8,9)/p+1. The van der Waals surface area contributed by atoms with Crippen LogP contribution in [-0.4, -0.2) is 9.79 Å². The average Bonchev–Trinajstić information content (AvgIpc) is 1.85. The van der Waals surface area contributed by atoms with E-state index in [1.165, 1.54) is 12.1 Å². The zero-order valence-corrected chi connectivity index (χ0v) is 6.49. The molecule has 11 heavy (non-hydrogen) atoms. The fraction of sp³-hybridized carbons (Fsp3) is 0. The van der Waals surface area contributed by atoms with Gasteiger partial charge in [-0.25, -0.2) is 0 Å². The lowest BCUT2D eigenvalue weighted by molar-refractivity contribution is 0.283. The Balaban J connectivity index is 2.74. The highest BCUT2D eigenvalue weighted by Gasteiger charge is 2.23. The van der Waals surface area contributed by atoms with E-state index >= 15 is 0 Å². The number of benzene rings is 1. The number of hydrogen-bond acceptors (Lipinski definition) is 2. The normalized spacial score (nSPS) is 15.5. The van der Waals surface area contributed by atoms with Gasteiger partial charge in [-0.1, -0.05) is 18.2 Å². The molecule has 0 saturated heterocycles. The van der Waals surface area contributed by atoms with Crippen LogP contribution in [-0.2, 0) is 4.57 Å². The zero-order chi connectivity index (χ0) is 8.32. The SMILES string of the molecule is O=P(O)([OH2+])Oc1ccccc1. The van der Waals surface area contributed by atoms with Gasteiger partial charge in [-0.15, -0.1) is 0 Å². The lowest BCUT2D eigenvalue weighted by Gasteiger charge is -2.00. The fourth-order valence-electron chi connectivity index (χ4n) is 0.624. The molecule has 1 aromatic rings. The molecule has 3 N–H and O–H groups in total. The monoisotopic (exact) mass is 175 g/mol. The van der Waals surface area contributed by atoms with E-state index in [9.17, 15) is 4.57 Å². The van der Waals surface area contributed by atoms with Crippen LogP contribution in [0.25, 0.3) is 0 Å². The Labute approximate surface area is 63.7 Å². The Morgan fingerprint density at radius 2 is 1.91 bits per heavy atom. The summed E-state index contributed by atoms with van der Waals surface area (Å²) in [5.41, 5.74) is 0. The first-order valence-corrected chi connectivity index (χ1v) is 4.48. The van der Waals surface area contributed by atoms with E-state index < -0.39 is 7.82 Å². The summed E-state index contributed by atoms with van der Waals surface area (Å²) in [6, 6.07) is 8.09. The van der Waals surface area contributed by atoms with Crippen LogP contribution in [0.4, 0.5) is 0 Å². The second kappa shape index (κ2) is 3.05. The Morgan fingerprint density at radius 3 is 2.36 bits per heavy atom. The van der Waals surface area contributed by atoms with Crippen LogP contribution in [0.2, 0.25) is 0 Å². The summed E-state index contributed by atoms with van der Waals surface area (Å²) < 4.78 is 14.8. The van der Waals surface area contributed by atoms with Gasteiger partial charge in [0.15, 0.2) is 0 Å². The highest BCUT2D eigenvalue weighted by atomic mass is 31.2. The van der Waals surface area contributed by atoms with Crippen LogP contribution in [0.5, 0.6) is 5.75 Å². The molecule has 4 nitrogen and oxygen atoms in total. The lowest BCUT2D eigenvalue weighted by Crippen LogP contribution is -1.88. The van der Waals surface area contributed by atoms with Crippen molar-refractivity contribution in [2.75, 3.05) is 0 Å². The molecule has 0 spiro atoms. The summed E-state index contributed by atoms with van der Waals surface area (Å²) in [5.74, 6) is 0.230. The van der Waals surface area contributed by atoms with Crippen molar-refractivity contribution in [1.29, 1.82) is 0 Å². The summed E-state index contributed by atoms with van der Waals surface area (Å²) in [6.45, 7) is 0. The molecule has 1 unspecified atom stereocenters. The van der Waals surface area contributed by atoms with Crippen LogP contribution >= 0.6 is 7.82 Å². The van der Waals surface area contributed by atoms with Crippen molar-refractivity contribution in [3.63, 3.8) is 0 Å². The molecular weight excluding hydrogens is 167 g/mol. The van der Waals surface area contributed by atoms with Crippen molar-refractivity contribution in [2.24, 2.45) is 0 Å². The first kappa shape index (κ1) is 8.27. The Kier molecular flexibility index (Phi) is 2.29. The van der Waals surface area contributed by atoms with Gasteiger partial charge in [0.2, 0.25) is 0 Å². The van der Waals surface area contributed by atoms with Crippen LogP contribution in [0.15, 0.2) is 30.3 Å². The number of hydrogen-bond donors (Lipinski definition) is 1. The van der Waals surface area contributed by atoms with Crippen molar-refractivity contribution in [2.45, 2.75) is 0 Å². The van der Waals surface area contributed by atoms with Crippen molar-refractivity contribution < 1.29 is 18.9 Å². The lowest BCUT2D eigenvalue weighted by atomic mass is 10.3. The maximum Gasteiger partial charge on any atom is 0.690 e. The molecule has 0 aliphatic carbocycles. The maximum absolute atomic E-state index is 10.4. The van der Waals surface area contributed by atoms with Crippen LogP contribution < -0.4 is 4.52 Å². The second-order valence-electron chi connectivity index (χ2n) is 1.92. The number of para-hydroxylation sites is 1. The molecule has 1 atom stereocenters. The molecule has 0 radical (unpaired) electrons. The molecule has 0 amide bonds. The van der Waals surface area contributed by atoms with E-state index in [0.717, 1.165) is 0 Å². The Bertz CT molecular complexity index is 265. The van der Waals surface area contributed by atoms with Crippen molar-refractivity contribution in [3.05, 3.63) is 30.3 Å². The highest BCUT2D eigenvalue weighted by Crippen LogP contribution is 2.36. The van der Waals surface area contributed by atoms with Gasteiger partial charge in [0, 0.05) is 0 Å². The molecule has 5 heteroatoms. The Hall–Kier alpha value is -0.830. The topological polar surface area (TPSA) is 69.4 Å². The van der Waals surface area contributed by atoms with Gasteiger partial charge in [-0.2, -0.15) is 4.57 Å². The minimum atomic E-state index is -4.14. The van der Waals surface area contributed by atoms with Crippen LogP contribution in [0, 0.1) is 0 Å². The smallest absolute Gasteiger partial charge is 0.366 e. The minimum absolute atomic E-state index is 0.230. The second-order valence-corrected chi connectivity index (χ2v) is 3.15. The predicted octanol–water partition coefficient (Wildman–Crippen LogP) is 0.890. The summed E-state index contributed by atoms with van der Waals surface area (Å²) >= 11 is 0. The third-order valence-corrected chi connectivity index (χ3v) is 1.43. The van der Waals surface area contributed by atoms with E-state index in [0.29, 0.717) is 0 Å². The fourth-order valence-corrected chi connectivity index (χ4v) is 1.03. The van der Waals surface area contributed by atoms with Crippen LogP contribution in [0.3, 0.4) is 0 Å². The predicted molar refractivity (Wildman–Crippen MR) is 40.5 cm³/mol. The molecule has 0 bridgehead atoms. The molecule has 0 aliphatic rings. The Morgan fingerprint density at radius 1 is 1.36 bits per heavy atom. The van der Waals surface area contributed by atoms with Gasteiger partial charge in [0.1, 0.15) is 5.75 Å². The van der Waals surface area contributed by atoms with E-state index in [2.05, 4.69) is 4.52 Å². The van der Waals surface area contributed by atoms with E-state index in [1.54, 1.807) is 18.2 Å². The van der Waals surface area contributed by atoms with Crippen molar-refractivity contribution >= 4 is 7.82 Å². The molecular formula is C6H8O4P+. The molecule has 0 aliphatic heterocycles. The first-order chi connectivity index (χ1) is 5.08. The van der Waals surface area contributed by atoms with Gasteiger partial charge in [-0.05, 0) is 12.1 Å². The van der Waals surface area contributed by atoms with E-state index in [1.807, 2.05) is 0 Å². The average molecular weight is 175 g/mol. The quantitative estimate of drug-likeness (QED) is 0.536. The minimum Gasteiger partial charge on any atom is -0.366 e.